The normalized spacial score (nSPS) is 11.2. The van der Waals surface area contributed by atoms with Gasteiger partial charge in [0.25, 0.3) is 0 Å². The molecule has 0 saturated heterocycles. The maximum Gasteiger partial charge on any atom is 0.338 e. The number of aryl methyl sites for hydroxylation is 1. The second-order valence-electron chi connectivity index (χ2n) is 6.17. The molecule has 0 unspecified atom stereocenters. The molecule has 3 heteroatoms. The molecule has 0 aromatic heterocycles. The van der Waals surface area contributed by atoms with E-state index in [0.29, 0.717) is 12.2 Å². The second-order valence-corrected chi connectivity index (χ2v) is 11.0. The third-order valence-electron chi connectivity index (χ3n) is 4.06. The molecular formula is C19H24O2Si. The summed E-state index contributed by atoms with van der Waals surface area (Å²) in [5.74, 6) is -0.243. The molecule has 0 spiro atoms. The minimum absolute atomic E-state index is 0.243. The second kappa shape index (κ2) is 7.41. The first-order valence-corrected chi connectivity index (χ1v) is 11.1. The van der Waals surface area contributed by atoms with Crippen LogP contribution >= 0.6 is 0 Å². The van der Waals surface area contributed by atoms with Crippen LogP contribution in [-0.2, 0) is 11.2 Å². The number of carbonyl (C=O) groups is 1. The maximum absolute atomic E-state index is 11.6. The molecule has 0 radical (unpaired) electrons. The van der Waals surface area contributed by atoms with Crippen LogP contribution in [0, 0.1) is 0 Å². The fraction of sp³-hybridized carbons (Fsp3) is 0.316. The van der Waals surface area contributed by atoms with Crippen molar-refractivity contribution in [3.05, 3.63) is 65.7 Å². The average Bonchev–Trinajstić information content (AvgIpc) is 2.54. The molecule has 22 heavy (non-hydrogen) atoms. The lowest BCUT2D eigenvalue weighted by Gasteiger charge is -2.23. The lowest BCUT2D eigenvalue weighted by atomic mass is 10.1. The van der Waals surface area contributed by atoms with E-state index < -0.39 is 8.07 Å². The molecule has 0 fully saturated rings. The van der Waals surface area contributed by atoms with Crippen molar-refractivity contribution in [2.24, 2.45) is 0 Å². The van der Waals surface area contributed by atoms with Crippen molar-refractivity contribution in [2.45, 2.75) is 32.5 Å². The average molecular weight is 312 g/mol. The molecule has 0 atom stereocenters. The van der Waals surface area contributed by atoms with Gasteiger partial charge in [-0.2, -0.15) is 0 Å². The topological polar surface area (TPSA) is 26.3 Å². The SMILES string of the molecule is CCOC(=O)c1ccc(CC[Si](C)(C)c2ccccc2)cc1. The number of benzene rings is 2. The number of carbonyl (C=O) groups excluding carboxylic acids is 1. The summed E-state index contributed by atoms with van der Waals surface area (Å²) in [7, 11) is -1.40. The van der Waals surface area contributed by atoms with Crippen LogP contribution in [-0.4, -0.2) is 20.7 Å². The number of hydrogen-bond acceptors (Lipinski definition) is 2. The third-order valence-corrected chi connectivity index (χ3v) is 7.46. The summed E-state index contributed by atoms with van der Waals surface area (Å²) in [5.41, 5.74) is 1.91. The summed E-state index contributed by atoms with van der Waals surface area (Å²) >= 11 is 0. The van der Waals surface area contributed by atoms with E-state index in [2.05, 4.69) is 43.4 Å². The zero-order valence-corrected chi connectivity index (χ0v) is 14.6. The van der Waals surface area contributed by atoms with Gasteiger partial charge in [0.2, 0.25) is 0 Å². The Bertz CT molecular complexity index is 603. The van der Waals surface area contributed by atoms with E-state index in [1.54, 1.807) is 0 Å². The van der Waals surface area contributed by atoms with Gasteiger partial charge in [-0.1, -0.05) is 60.7 Å². The van der Waals surface area contributed by atoms with E-state index >= 15 is 0 Å². The van der Waals surface area contributed by atoms with Crippen LogP contribution in [0.3, 0.4) is 0 Å². The van der Waals surface area contributed by atoms with E-state index in [1.807, 2.05) is 31.2 Å². The molecule has 0 saturated carbocycles. The molecule has 2 aromatic carbocycles. The number of hydrogen-bond donors (Lipinski definition) is 0. The Morgan fingerprint density at radius 3 is 2.23 bits per heavy atom. The Hall–Kier alpha value is -1.87. The first-order valence-electron chi connectivity index (χ1n) is 7.84. The Morgan fingerprint density at radius 2 is 1.64 bits per heavy atom. The van der Waals surface area contributed by atoms with Crippen molar-refractivity contribution < 1.29 is 9.53 Å². The summed E-state index contributed by atoms with van der Waals surface area (Å²) in [6.07, 6.45) is 1.05. The smallest absolute Gasteiger partial charge is 0.338 e. The number of ether oxygens (including phenoxy) is 1. The van der Waals surface area contributed by atoms with Crippen molar-refractivity contribution in [1.82, 2.24) is 0 Å². The standard InChI is InChI=1S/C19H24O2Si/c1-4-21-19(20)17-12-10-16(11-13-17)14-15-22(2,3)18-8-6-5-7-9-18/h5-13H,4,14-15H2,1-3H3. The van der Waals surface area contributed by atoms with Crippen LogP contribution in [0.25, 0.3) is 0 Å². The minimum Gasteiger partial charge on any atom is -0.462 e. The largest absolute Gasteiger partial charge is 0.462 e. The van der Waals surface area contributed by atoms with Crippen LogP contribution in [0.1, 0.15) is 22.8 Å². The predicted molar refractivity (Wildman–Crippen MR) is 94.5 cm³/mol. The quantitative estimate of drug-likeness (QED) is 0.595. The first kappa shape index (κ1) is 16.5. The van der Waals surface area contributed by atoms with E-state index in [1.165, 1.54) is 16.8 Å². The van der Waals surface area contributed by atoms with Crippen molar-refractivity contribution >= 4 is 19.2 Å². The Labute approximate surface area is 134 Å². The lowest BCUT2D eigenvalue weighted by molar-refractivity contribution is 0.0526. The van der Waals surface area contributed by atoms with Crippen LogP contribution in [0.4, 0.5) is 0 Å². The molecule has 2 aromatic rings. The molecule has 2 rings (SSSR count). The molecule has 0 N–H and O–H groups in total. The lowest BCUT2D eigenvalue weighted by Crippen LogP contribution is -2.41. The van der Waals surface area contributed by atoms with Gasteiger partial charge in [-0.05, 0) is 37.1 Å². The molecule has 116 valence electrons. The fourth-order valence-electron chi connectivity index (χ4n) is 2.51. The van der Waals surface area contributed by atoms with Gasteiger partial charge in [0.15, 0.2) is 0 Å². The van der Waals surface area contributed by atoms with Crippen molar-refractivity contribution in [1.29, 1.82) is 0 Å². The molecule has 0 amide bonds. The van der Waals surface area contributed by atoms with Gasteiger partial charge in [0.1, 0.15) is 0 Å². The summed E-state index contributed by atoms with van der Waals surface area (Å²) < 4.78 is 5.01. The zero-order chi connectivity index (χ0) is 16.0. The molecule has 0 bridgehead atoms. The highest BCUT2D eigenvalue weighted by Gasteiger charge is 2.22. The van der Waals surface area contributed by atoms with Gasteiger partial charge >= 0.3 is 5.97 Å². The molecule has 2 nitrogen and oxygen atoms in total. The Morgan fingerprint density at radius 1 is 1.00 bits per heavy atom. The first-order chi connectivity index (χ1) is 10.5. The Balaban J connectivity index is 1.98. The Kier molecular flexibility index (Phi) is 5.55. The third kappa shape index (κ3) is 4.31. The zero-order valence-electron chi connectivity index (χ0n) is 13.6. The van der Waals surface area contributed by atoms with Gasteiger partial charge in [-0.3, -0.25) is 0 Å². The summed E-state index contributed by atoms with van der Waals surface area (Å²) in [4.78, 5) is 11.6. The van der Waals surface area contributed by atoms with Gasteiger partial charge in [-0.15, -0.1) is 0 Å². The van der Waals surface area contributed by atoms with Crippen molar-refractivity contribution in [2.75, 3.05) is 6.61 Å². The van der Waals surface area contributed by atoms with Gasteiger partial charge < -0.3 is 4.74 Å². The van der Waals surface area contributed by atoms with Crippen LogP contribution in [0.15, 0.2) is 54.6 Å². The molecule has 0 heterocycles. The van der Waals surface area contributed by atoms with Gasteiger partial charge in [0.05, 0.1) is 20.2 Å². The summed E-state index contributed by atoms with van der Waals surface area (Å²) in [5, 5.41) is 1.50. The minimum atomic E-state index is -1.40. The van der Waals surface area contributed by atoms with Crippen LogP contribution in [0.2, 0.25) is 19.1 Å². The summed E-state index contributed by atoms with van der Waals surface area (Å²) in [6, 6.07) is 19.8. The van der Waals surface area contributed by atoms with Crippen LogP contribution < -0.4 is 5.19 Å². The van der Waals surface area contributed by atoms with Gasteiger partial charge in [-0.25, -0.2) is 4.79 Å². The van der Waals surface area contributed by atoms with E-state index in [0.717, 1.165) is 6.42 Å². The molecular weight excluding hydrogens is 288 g/mol. The van der Waals surface area contributed by atoms with Crippen molar-refractivity contribution in [3.8, 4) is 0 Å². The number of esters is 1. The summed E-state index contributed by atoms with van der Waals surface area (Å²) in [6.45, 7) is 7.06. The molecule has 0 aliphatic rings. The monoisotopic (exact) mass is 312 g/mol. The number of rotatable bonds is 6. The highest BCUT2D eigenvalue weighted by atomic mass is 28.3. The fourth-order valence-corrected chi connectivity index (χ4v) is 4.81. The maximum atomic E-state index is 11.6. The van der Waals surface area contributed by atoms with E-state index in [-0.39, 0.29) is 5.97 Å². The predicted octanol–water partition coefficient (Wildman–Crippen LogP) is 4.02. The highest BCUT2D eigenvalue weighted by Crippen LogP contribution is 2.15. The highest BCUT2D eigenvalue weighted by molar-refractivity contribution is 6.89. The van der Waals surface area contributed by atoms with Crippen molar-refractivity contribution in [3.63, 3.8) is 0 Å². The van der Waals surface area contributed by atoms with Crippen LogP contribution in [0.5, 0.6) is 0 Å². The van der Waals surface area contributed by atoms with E-state index in [4.69, 9.17) is 4.74 Å². The molecule has 0 aliphatic heterocycles. The van der Waals surface area contributed by atoms with E-state index in [9.17, 15) is 4.79 Å². The molecule has 0 aliphatic carbocycles. The van der Waals surface area contributed by atoms with Gasteiger partial charge in [0, 0.05) is 0 Å².